The molecule has 1 aliphatic rings. The Bertz CT molecular complexity index is 1720. The van der Waals surface area contributed by atoms with Crippen LogP contribution in [-0.2, 0) is 36.4 Å². The van der Waals surface area contributed by atoms with Gasteiger partial charge >= 0.3 is 0 Å². The van der Waals surface area contributed by atoms with Gasteiger partial charge in [-0.1, -0.05) is 97.9 Å². The molecule has 1 radical (unpaired) electrons. The van der Waals surface area contributed by atoms with Gasteiger partial charge in [0.05, 0.1) is 0 Å². The zero-order valence-corrected chi connectivity index (χ0v) is 29.3. The standard InChI is InChI=1S/C24H24N.C16H18N.Ir/c1-16-13-14-21(25-15-16)17-9-8-12-20-22(17)24(4,5)19-11-7-6-10-18(19)23(20,2)3;1-12-6-5-7-13(10-12)15-11-14(8-9-17-15)16(2,3)4;/h6-8,10-15H,1-5H3;5-6,8-11H,1-4H3;/q2*-1;. The molecule has 0 fully saturated rings. The minimum atomic E-state index is -0.0822. The van der Waals surface area contributed by atoms with Gasteiger partial charge in [0, 0.05) is 32.5 Å². The summed E-state index contributed by atoms with van der Waals surface area (Å²) >= 11 is 0. The number of hydrogen-bond acceptors (Lipinski definition) is 2. The van der Waals surface area contributed by atoms with Crippen LogP contribution in [0.25, 0.3) is 22.5 Å². The molecule has 223 valence electrons. The summed E-state index contributed by atoms with van der Waals surface area (Å²) in [5.41, 5.74) is 13.5. The average molecular weight is 743 g/mol. The van der Waals surface area contributed by atoms with Crippen molar-refractivity contribution in [1.29, 1.82) is 0 Å². The molecule has 3 heteroatoms. The van der Waals surface area contributed by atoms with Gasteiger partial charge in [-0.25, -0.2) is 0 Å². The van der Waals surface area contributed by atoms with Crippen molar-refractivity contribution in [3.63, 3.8) is 0 Å². The van der Waals surface area contributed by atoms with Crippen molar-refractivity contribution in [1.82, 2.24) is 9.97 Å². The number of pyridine rings is 2. The first-order chi connectivity index (χ1) is 19.8. The maximum Gasteiger partial charge on any atom is 0.0190 e. The molecule has 2 heterocycles. The number of aromatic nitrogens is 2. The number of nitrogens with zero attached hydrogens (tertiary/aromatic N) is 2. The van der Waals surface area contributed by atoms with Crippen LogP contribution in [0.5, 0.6) is 0 Å². The first-order valence-corrected chi connectivity index (χ1v) is 14.8. The molecule has 0 unspecified atom stereocenters. The molecule has 3 aromatic carbocycles. The second-order valence-electron chi connectivity index (χ2n) is 13.6. The fourth-order valence-corrected chi connectivity index (χ4v) is 6.11. The maximum atomic E-state index is 4.69. The smallest absolute Gasteiger partial charge is 0.0190 e. The molecule has 6 rings (SSSR count). The third kappa shape index (κ3) is 6.44. The summed E-state index contributed by atoms with van der Waals surface area (Å²) in [6, 6.07) is 34.5. The van der Waals surface area contributed by atoms with E-state index in [4.69, 9.17) is 4.98 Å². The summed E-state index contributed by atoms with van der Waals surface area (Å²) in [7, 11) is 0. The Kier molecular flexibility index (Phi) is 9.31. The van der Waals surface area contributed by atoms with Gasteiger partial charge in [-0.05, 0) is 62.9 Å². The Labute approximate surface area is 272 Å². The third-order valence-corrected chi connectivity index (χ3v) is 8.60. The molecule has 43 heavy (non-hydrogen) atoms. The van der Waals surface area contributed by atoms with Crippen molar-refractivity contribution >= 4 is 0 Å². The molecule has 5 aromatic rings. The molecular weight excluding hydrogens is 701 g/mol. The topological polar surface area (TPSA) is 25.8 Å². The number of hydrogen-bond donors (Lipinski definition) is 0. The van der Waals surface area contributed by atoms with Gasteiger partial charge in [0.15, 0.2) is 0 Å². The van der Waals surface area contributed by atoms with E-state index >= 15 is 0 Å². The Balaban J connectivity index is 0.000000207. The number of benzene rings is 3. The Morgan fingerprint density at radius 1 is 0.651 bits per heavy atom. The van der Waals surface area contributed by atoms with Crippen molar-refractivity contribution in [3.8, 4) is 22.5 Å². The van der Waals surface area contributed by atoms with Gasteiger partial charge in [-0.15, -0.1) is 70.3 Å². The van der Waals surface area contributed by atoms with Crippen molar-refractivity contribution in [3.05, 3.63) is 142 Å². The summed E-state index contributed by atoms with van der Waals surface area (Å²) in [6.45, 7) is 20.1. The van der Waals surface area contributed by atoms with E-state index in [9.17, 15) is 0 Å². The maximum absolute atomic E-state index is 4.69. The Morgan fingerprint density at radius 2 is 1.33 bits per heavy atom. The molecule has 1 aliphatic carbocycles. The second-order valence-corrected chi connectivity index (χ2v) is 13.6. The molecule has 0 amide bonds. The summed E-state index contributed by atoms with van der Waals surface area (Å²) < 4.78 is 0. The van der Waals surface area contributed by atoms with Gasteiger partial charge < -0.3 is 9.97 Å². The molecular formula is C40H42IrN2-2. The Hall–Kier alpha value is -3.39. The molecule has 0 bridgehead atoms. The van der Waals surface area contributed by atoms with Crippen LogP contribution in [0.4, 0.5) is 0 Å². The van der Waals surface area contributed by atoms with Crippen LogP contribution < -0.4 is 0 Å². The zero-order valence-electron chi connectivity index (χ0n) is 26.9. The first-order valence-electron chi connectivity index (χ1n) is 14.8. The van der Waals surface area contributed by atoms with Gasteiger partial charge in [0.2, 0.25) is 0 Å². The second kappa shape index (κ2) is 12.3. The first kappa shape index (κ1) is 32.5. The molecule has 0 N–H and O–H groups in total. The van der Waals surface area contributed by atoms with Crippen LogP contribution >= 0.6 is 0 Å². The van der Waals surface area contributed by atoms with Crippen LogP contribution in [0.3, 0.4) is 0 Å². The summed E-state index contributed by atoms with van der Waals surface area (Å²) in [6.07, 6.45) is 3.82. The fourth-order valence-electron chi connectivity index (χ4n) is 6.11. The molecule has 0 spiro atoms. The van der Waals surface area contributed by atoms with Crippen molar-refractivity contribution in [2.75, 3.05) is 0 Å². The van der Waals surface area contributed by atoms with E-state index in [-0.39, 0.29) is 36.4 Å². The van der Waals surface area contributed by atoms with Crippen molar-refractivity contribution in [2.24, 2.45) is 0 Å². The summed E-state index contributed by atoms with van der Waals surface area (Å²) in [4.78, 5) is 9.13. The van der Waals surface area contributed by atoms with E-state index < -0.39 is 0 Å². The fraction of sp³-hybridized carbons (Fsp3) is 0.300. The van der Waals surface area contributed by atoms with Crippen LogP contribution in [0.15, 0.2) is 91.3 Å². The molecule has 2 nitrogen and oxygen atoms in total. The molecule has 0 aliphatic heterocycles. The van der Waals surface area contributed by atoms with Gasteiger partial charge in [-0.2, -0.15) is 0 Å². The minimum Gasteiger partial charge on any atom is -0.305 e. The predicted molar refractivity (Wildman–Crippen MR) is 176 cm³/mol. The average Bonchev–Trinajstić information content (AvgIpc) is 2.97. The molecule has 2 aromatic heterocycles. The summed E-state index contributed by atoms with van der Waals surface area (Å²) in [5.74, 6) is 0. The Morgan fingerprint density at radius 3 is 1.95 bits per heavy atom. The largest absolute Gasteiger partial charge is 0.305 e. The quantitative estimate of drug-likeness (QED) is 0.168. The van der Waals surface area contributed by atoms with E-state index in [1.165, 1.54) is 38.9 Å². The number of rotatable bonds is 2. The zero-order chi connectivity index (χ0) is 30.3. The third-order valence-electron chi connectivity index (χ3n) is 8.60. The van der Waals surface area contributed by atoms with Crippen LogP contribution in [0, 0.1) is 26.0 Å². The minimum absolute atomic E-state index is 0. The number of aryl methyl sites for hydroxylation is 2. The summed E-state index contributed by atoms with van der Waals surface area (Å²) in [5, 5.41) is 0. The van der Waals surface area contributed by atoms with E-state index in [1.807, 2.05) is 18.5 Å². The normalized spacial score (nSPS) is 14.3. The van der Waals surface area contributed by atoms with E-state index in [0.717, 1.165) is 22.5 Å². The van der Waals surface area contributed by atoms with E-state index in [2.05, 4.69) is 152 Å². The molecule has 0 saturated carbocycles. The van der Waals surface area contributed by atoms with Gasteiger partial charge in [-0.3, -0.25) is 0 Å². The predicted octanol–water partition coefficient (Wildman–Crippen LogP) is 9.97. The van der Waals surface area contributed by atoms with Crippen LogP contribution in [0.1, 0.15) is 87.4 Å². The van der Waals surface area contributed by atoms with Crippen molar-refractivity contribution < 1.29 is 20.1 Å². The van der Waals surface area contributed by atoms with Gasteiger partial charge in [0.25, 0.3) is 0 Å². The SMILES string of the molecule is Cc1cc[c-]c(-c2cc(C(C)(C)C)ccn2)c1.Cc1ccc(-c2[c-]ccc3c2C(C)(C)c2ccccc2C3(C)C)nc1.[Ir]. The van der Waals surface area contributed by atoms with E-state index in [0.29, 0.717) is 0 Å². The molecule has 0 atom stereocenters. The van der Waals surface area contributed by atoms with E-state index in [1.54, 1.807) is 0 Å². The van der Waals surface area contributed by atoms with Crippen LogP contribution in [0.2, 0.25) is 0 Å². The molecule has 0 saturated heterocycles. The number of fused-ring (bicyclic) bond motifs is 2. The monoisotopic (exact) mass is 743 g/mol. The van der Waals surface area contributed by atoms with Gasteiger partial charge in [0.1, 0.15) is 0 Å². The van der Waals surface area contributed by atoms with Crippen molar-refractivity contribution in [2.45, 2.75) is 78.6 Å². The van der Waals surface area contributed by atoms with Crippen LogP contribution in [-0.4, -0.2) is 9.97 Å².